The maximum atomic E-state index is 3.35. The van der Waals surface area contributed by atoms with Crippen molar-refractivity contribution in [1.29, 1.82) is 0 Å². The smallest absolute Gasteiger partial charge is 0.114 e. The van der Waals surface area contributed by atoms with Crippen LogP contribution in [0.2, 0.25) is 0 Å². The van der Waals surface area contributed by atoms with Crippen LogP contribution in [0.4, 0.5) is 0 Å². The lowest BCUT2D eigenvalue weighted by atomic mass is 10.2. The molecule has 0 radical (unpaired) electrons. The first-order valence-electron chi connectivity index (χ1n) is 6.74. The molecule has 1 N–H and O–H groups in total. The van der Waals surface area contributed by atoms with E-state index in [-0.39, 0.29) is 0 Å². The summed E-state index contributed by atoms with van der Waals surface area (Å²) in [5, 5.41) is 5.91. The Morgan fingerprint density at radius 3 is 2.05 bits per heavy atom. The third-order valence-electron chi connectivity index (χ3n) is 3.62. The Morgan fingerprint density at radius 2 is 1.35 bits per heavy atom. The monoisotopic (exact) mass is 258 g/mol. The van der Waals surface area contributed by atoms with Crippen LogP contribution < -0.4 is 5.32 Å². The number of hydrogen-bond acceptors (Lipinski definition) is 1. The van der Waals surface area contributed by atoms with E-state index < -0.39 is 0 Å². The lowest BCUT2D eigenvalue weighted by Gasteiger charge is -2.11. The number of nitrogens with zero attached hydrogens (tertiary/aromatic N) is 1. The molecule has 4 rings (SSSR count). The van der Waals surface area contributed by atoms with E-state index in [4.69, 9.17) is 0 Å². The van der Waals surface area contributed by atoms with Gasteiger partial charge in [-0.05, 0) is 24.3 Å². The molecule has 0 saturated heterocycles. The van der Waals surface area contributed by atoms with Crippen LogP contribution in [0.25, 0.3) is 27.6 Å². The number of fused-ring (bicyclic) bond motifs is 3. The molecular formula is C18H14N2. The summed E-state index contributed by atoms with van der Waals surface area (Å²) in [6, 6.07) is 17.0. The van der Waals surface area contributed by atoms with Gasteiger partial charge in [-0.3, -0.25) is 4.57 Å². The van der Waals surface area contributed by atoms with Gasteiger partial charge in [0.15, 0.2) is 0 Å². The molecule has 2 heterocycles. The third-order valence-corrected chi connectivity index (χ3v) is 3.62. The van der Waals surface area contributed by atoms with E-state index in [1.54, 1.807) is 0 Å². The molecule has 96 valence electrons. The average Bonchev–Trinajstić information content (AvgIpc) is 2.65. The maximum absolute atomic E-state index is 3.35. The summed E-state index contributed by atoms with van der Waals surface area (Å²) in [7, 11) is 0. The minimum atomic E-state index is 1.06. The van der Waals surface area contributed by atoms with E-state index >= 15 is 0 Å². The van der Waals surface area contributed by atoms with E-state index in [0.29, 0.717) is 0 Å². The van der Waals surface area contributed by atoms with Gasteiger partial charge in [0, 0.05) is 17.0 Å². The number of aromatic nitrogens is 1. The lowest BCUT2D eigenvalue weighted by Crippen LogP contribution is -2.10. The van der Waals surface area contributed by atoms with E-state index in [1.807, 2.05) is 18.4 Å². The number of rotatable bonds is 1. The first-order chi connectivity index (χ1) is 9.95. The van der Waals surface area contributed by atoms with Crippen molar-refractivity contribution in [3.63, 3.8) is 0 Å². The van der Waals surface area contributed by atoms with Gasteiger partial charge in [0.05, 0.1) is 11.0 Å². The van der Waals surface area contributed by atoms with Crippen LogP contribution in [0.3, 0.4) is 0 Å². The summed E-state index contributed by atoms with van der Waals surface area (Å²) < 4.78 is 2.27. The third kappa shape index (κ3) is 1.58. The van der Waals surface area contributed by atoms with Gasteiger partial charge in [0.2, 0.25) is 0 Å². The topological polar surface area (TPSA) is 17.0 Å². The molecular weight excluding hydrogens is 244 g/mol. The van der Waals surface area contributed by atoms with Crippen molar-refractivity contribution < 1.29 is 0 Å². The van der Waals surface area contributed by atoms with Gasteiger partial charge >= 0.3 is 0 Å². The zero-order chi connectivity index (χ0) is 13.4. The van der Waals surface area contributed by atoms with Crippen LogP contribution >= 0.6 is 0 Å². The van der Waals surface area contributed by atoms with Gasteiger partial charge in [-0.1, -0.05) is 48.6 Å². The Hall–Kier alpha value is -2.74. The second-order valence-electron chi connectivity index (χ2n) is 4.81. The highest BCUT2D eigenvalue weighted by atomic mass is 15.1. The fraction of sp³-hybridized carbons (Fsp3) is 0. The Balaban J connectivity index is 2.13. The van der Waals surface area contributed by atoms with Gasteiger partial charge in [-0.25, -0.2) is 0 Å². The number of allylic oxidation sites excluding steroid dienone is 4. The van der Waals surface area contributed by atoms with Gasteiger partial charge in [-0.15, -0.1) is 0 Å². The van der Waals surface area contributed by atoms with E-state index in [2.05, 4.69) is 70.6 Å². The largest absolute Gasteiger partial charge is 0.348 e. The van der Waals surface area contributed by atoms with Gasteiger partial charge in [0.1, 0.15) is 5.82 Å². The molecule has 1 aliphatic rings. The first kappa shape index (κ1) is 11.1. The van der Waals surface area contributed by atoms with Crippen molar-refractivity contribution in [2.24, 2.45) is 0 Å². The van der Waals surface area contributed by atoms with Crippen molar-refractivity contribution >= 4 is 27.6 Å². The Labute approximate surface area is 117 Å². The molecule has 0 spiro atoms. The maximum Gasteiger partial charge on any atom is 0.114 e. The van der Waals surface area contributed by atoms with Crippen LogP contribution in [0, 0.1) is 0 Å². The van der Waals surface area contributed by atoms with Crippen molar-refractivity contribution in [2.75, 3.05) is 0 Å². The van der Waals surface area contributed by atoms with Crippen LogP contribution in [0.15, 0.2) is 79.0 Å². The number of nitrogens with one attached hydrogen (secondary N) is 1. The standard InChI is InChI=1S/C18H14N2/c1-2-12-18(19-13-7-1)20-16-10-5-3-8-14(16)15-9-4-6-11-17(15)20/h1-13,19H. The van der Waals surface area contributed by atoms with E-state index in [1.165, 1.54) is 21.8 Å². The zero-order valence-corrected chi connectivity index (χ0v) is 11.0. The second-order valence-corrected chi connectivity index (χ2v) is 4.81. The molecule has 0 unspecified atom stereocenters. The van der Waals surface area contributed by atoms with Crippen molar-refractivity contribution in [2.45, 2.75) is 0 Å². The molecule has 0 fully saturated rings. The molecule has 0 bridgehead atoms. The van der Waals surface area contributed by atoms with E-state index in [9.17, 15) is 0 Å². The van der Waals surface area contributed by atoms with Crippen LogP contribution in [0.5, 0.6) is 0 Å². The highest BCUT2D eigenvalue weighted by Crippen LogP contribution is 2.30. The Bertz CT molecular complexity index is 825. The number of hydrogen-bond donors (Lipinski definition) is 1. The van der Waals surface area contributed by atoms with Crippen molar-refractivity contribution in [3.8, 4) is 0 Å². The highest BCUT2D eigenvalue weighted by Gasteiger charge is 2.11. The summed E-state index contributed by atoms with van der Waals surface area (Å²) in [6.45, 7) is 0. The fourth-order valence-corrected chi connectivity index (χ4v) is 2.77. The van der Waals surface area contributed by atoms with Gasteiger partial charge in [-0.2, -0.15) is 0 Å². The molecule has 20 heavy (non-hydrogen) atoms. The van der Waals surface area contributed by atoms with E-state index in [0.717, 1.165) is 5.82 Å². The molecule has 0 saturated carbocycles. The summed E-state index contributed by atoms with van der Waals surface area (Å²) >= 11 is 0. The molecule has 2 aromatic carbocycles. The SMILES string of the molecule is C1=CC=C(n2c3ccccc3c3ccccc32)NC=C1. The Kier molecular flexibility index (Phi) is 2.46. The predicted molar refractivity (Wildman–Crippen MR) is 85.1 cm³/mol. The Morgan fingerprint density at radius 1 is 0.700 bits per heavy atom. The summed E-state index contributed by atoms with van der Waals surface area (Å²) in [6.07, 6.45) is 10.1. The normalized spacial score (nSPS) is 14.3. The fourth-order valence-electron chi connectivity index (χ4n) is 2.77. The molecule has 2 nitrogen and oxygen atoms in total. The molecule has 1 aliphatic heterocycles. The summed E-state index contributed by atoms with van der Waals surface area (Å²) in [5.41, 5.74) is 2.44. The van der Waals surface area contributed by atoms with Crippen LogP contribution in [-0.2, 0) is 0 Å². The predicted octanol–water partition coefficient (Wildman–Crippen LogP) is 4.27. The molecule has 1 aromatic heterocycles. The second kappa shape index (κ2) is 4.42. The number of para-hydroxylation sites is 2. The van der Waals surface area contributed by atoms with Crippen molar-refractivity contribution in [3.05, 3.63) is 79.0 Å². The minimum absolute atomic E-state index is 1.06. The highest BCUT2D eigenvalue weighted by molar-refractivity contribution is 6.09. The van der Waals surface area contributed by atoms with Crippen LogP contribution in [-0.4, -0.2) is 4.57 Å². The van der Waals surface area contributed by atoms with Gasteiger partial charge in [0.25, 0.3) is 0 Å². The summed E-state index contributed by atoms with van der Waals surface area (Å²) in [5.74, 6) is 1.06. The molecule has 3 aromatic rings. The average molecular weight is 258 g/mol. The quantitative estimate of drug-likeness (QED) is 0.690. The number of benzene rings is 2. The molecule has 0 atom stereocenters. The first-order valence-corrected chi connectivity index (χ1v) is 6.74. The van der Waals surface area contributed by atoms with Crippen LogP contribution in [0.1, 0.15) is 0 Å². The summed E-state index contributed by atoms with van der Waals surface area (Å²) in [4.78, 5) is 0. The van der Waals surface area contributed by atoms with Crippen molar-refractivity contribution in [1.82, 2.24) is 9.88 Å². The lowest BCUT2D eigenvalue weighted by molar-refractivity contribution is 1.06. The minimum Gasteiger partial charge on any atom is -0.348 e. The molecule has 0 aliphatic carbocycles. The zero-order valence-electron chi connectivity index (χ0n) is 11.0. The molecule has 2 heteroatoms. The molecule has 0 amide bonds. The van der Waals surface area contributed by atoms with Gasteiger partial charge < -0.3 is 5.32 Å².